The molecule has 0 aliphatic carbocycles. The first kappa shape index (κ1) is 14.3. The van der Waals surface area contributed by atoms with E-state index in [-0.39, 0.29) is 16.3 Å². The predicted octanol–water partition coefficient (Wildman–Crippen LogP) is 2.63. The van der Waals surface area contributed by atoms with E-state index >= 15 is 0 Å². The molecule has 0 unspecified atom stereocenters. The zero-order valence-corrected chi connectivity index (χ0v) is 9.72. The summed E-state index contributed by atoms with van der Waals surface area (Å²) in [5.74, 6) is -2.83. The molecule has 0 atom stereocenters. The van der Waals surface area contributed by atoms with E-state index in [4.69, 9.17) is 11.6 Å². The van der Waals surface area contributed by atoms with Gasteiger partial charge in [-0.2, -0.15) is 13.2 Å². The lowest BCUT2D eigenvalue weighted by Crippen LogP contribution is -2.30. The van der Waals surface area contributed by atoms with Crippen molar-refractivity contribution in [2.45, 2.75) is 6.18 Å². The minimum atomic E-state index is -5.01. The van der Waals surface area contributed by atoms with Crippen molar-refractivity contribution >= 4 is 29.2 Å². The van der Waals surface area contributed by atoms with Crippen molar-refractivity contribution in [1.29, 1.82) is 0 Å². The van der Waals surface area contributed by atoms with Gasteiger partial charge in [0.25, 0.3) is 0 Å². The van der Waals surface area contributed by atoms with E-state index in [2.05, 4.69) is 4.74 Å². The molecule has 1 aromatic rings. The van der Waals surface area contributed by atoms with Crippen LogP contribution in [0.15, 0.2) is 18.2 Å². The van der Waals surface area contributed by atoms with Crippen LogP contribution in [0.3, 0.4) is 0 Å². The molecule has 1 aromatic carbocycles. The van der Waals surface area contributed by atoms with Gasteiger partial charge in [0.1, 0.15) is 0 Å². The molecule has 0 heterocycles. The summed E-state index contributed by atoms with van der Waals surface area (Å²) in [4.78, 5) is 21.8. The molecular weight excluding hydrogens is 275 g/mol. The van der Waals surface area contributed by atoms with Crippen LogP contribution in [0.4, 0.5) is 18.9 Å². The van der Waals surface area contributed by atoms with E-state index in [1.807, 2.05) is 0 Å². The Hall–Kier alpha value is -1.76. The van der Waals surface area contributed by atoms with Crippen molar-refractivity contribution < 1.29 is 27.5 Å². The minimum Gasteiger partial charge on any atom is -0.465 e. The molecule has 0 aliphatic heterocycles. The van der Waals surface area contributed by atoms with Crippen LogP contribution < -0.4 is 5.32 Å². The summed E-state index contributed by atoms with van der Waals surface area (Å²) in [6, 6.07) is 3.36. The average Bonchev–Trinajstić information content (AvgIpc) is 2.29. The number of benzene rings is 1. The Labute approximate surface area is 105 Å². The molecule has 4 nitrogen and oxygen atoms in total. The van der Waals surface area contributed by atoms with Crippen molar-refractivity contribution in [3.05, 3.63) is 28.8 Å². The number of nitrogens with one attached hydrogen (secondary N) is 1. The number of hydrogen-bond acceptors (Lipinski definition) is 3. The second kappa shape index (κ2) is 5.26. The molecule has 0 bridgehead atoms. The molecule has 98 valence electrons. The maximum absolute atomic E-state index is 12.0. The molecule has 0 spiro atoms. The monoisotopic (exact) mass is 281 g/mol. The first-order chi connectivity index (χ1) is 8.25. The summed E-state index contributed by atoms with van der Waals surface area (Å²) in [5.41, 5.74) is -0.181. The Morgan fingerprint density at radius 2 is 1.94 bits per heavy atom. The molecule has 0 aliphatic rings. The van der Waals surface area contributed by atoms with Crippen molar-refractivity contribution in [3.63, 3.8) is 0 Å². The fraction of sp³-hybridized carbons (Fsp3) is 0.200. The van der Waals surface area contributed by atoms with Crippen molar-refractivity contribution in [2.24, 2.45) is 0 Å². The number of carbonyl (C=O) groups is 2. The van der Waals surface area contributed by atoms with Gasteiger partial charge in [-0.05, 0) is 18.2 Å². The fourth-order valence-corrected chi connectivity index (χ4v) is 1.28. The van der Waals surface area contributed by atoms with E-state index in [1.54, 1.807) is 5.32 Å². The molecule has 1 N–H and O–H groups in total. The van der Waals surface area contributed by atoms with Crippen LogP contribution in [-0.4, -0.2) is 25.2 Å². The third-order valence-electron chi connectivity index (χ3n) is 1.90. The van der Waals surface area contributed by atoms with Crippen molar-refractivity contribution in [2.75, 3.05) is 12.4 Å². The standard InChI is InChI=1S/C10H7ClF3NO3/c1-18-8(16)5-2-3-7(6(11)4-5)15-9(17)10(12,13)14/h2-4H,1H3,(H,15,17). The maximum Gasteiger partial charge on any atom is 0.471 e. The summed E-state index contributed by atoms with van der Waals surface area (Å²) < 4.78 is 40.4. The summed E-state index contributed by atoms with van der Waals surface area (Å²) in [7, 11) is 1.15. The fourth-order valence-electron chi connectivity index (χ4n) is 1.05. The molecule has 1 rings (SSSR count). The van der Waals surface area contributed by atoms with E-state index in [0.717, 1.165) is 19.2 Å². The van der Waals surface area contributed by atoms with E-state index in [9.17, 15) is 22.8 Å². The number of anilines is 1. The van der Waals surface area contributed by atoms with Gasteiger partial charge < -0.3 is 10.1 Å². The van der Waals surface area contributed by atoms with Gasteiger partial charge in [-0.3, -0.25) is 4.79 Å². The number of methoxy groups -OCH3 is 1. The highest BCUT2D eigenvalue weighted by Gasteiger charge is 2.38. The van der Waals surface area contributed by atoms with Gasteiger partial charge >= 0.3 is 18.1 Å². The molecular formula is C10H7ClF3NO3. The number of esters is 1. The van der Waals surface area contributed by atoms with Gasteiger partial charge in [-0.15, -0.1) is 0 Å². The Morgan fingerprint density at radius 1 is 1.33 bits per heavy atom. The first-order valence-electron chi connectivity index (χ1n) is 4.51. The van der Waals surface area contributed by atoms with Crippen molar-refractivity contribution in [1.82, 2.24) is 0 Å². The molecule has 0 radical (unpaired) electrons. The Bertz CT molecular complexity index is 488. The molecule has 0 saturated heterocycles. The van der Waals surface area contributed by atoms with Gasteiger partial charge in [0.2, 0.25) is 0 Å². The number of ether oxygens (including phenoxy) is 1. The third kappa shape index (κ3) is 3.36. The minimum absolute atomic E-state index is 0.0625. The lowest BCUT2D eigenvalue weighted by atomic mass is 10.2. The number of halogens is 4. The van der Waals surface area contributed by atoms with Gasteiger partial charge in [-0.1, -0.05) is 11.6 Å². The Morgan fingerprint density at radius 3 is 2.39 bits per heavy atom. The van der Waals surface area contributed by atoms with Gasteiger partial charge in [0.15, 0.2) is 0 Å². The summed E-state index contributed by atoms with van der Waals surface area (Å²) in [6.45, 7) is 0. The van der Waals surface area contributed by atoms with Gasteiger partial charge in [0, 0.05) is 0 Å². The summed E-state index contributed by atoms with van der Waals surface area (Å²) in [6.07, 6.45) is -5.01. The van der Waals surface area contributed by atoms with E-state index < -0.39 is 18.1 Å². The molecule has 0 saturated carbocycles. The quantitative estimate of drug-likeness (QED) is 0.848. The lowest BCUT2D eigenvalue weighted by Gasteiger charge is -2.10. The third-order valence-corrected chi connectivity index (χ3v) is 2.21. The number of carbonyl (C=O) groups excluding carboxylic acids is 2. The van der Waals surface area contributed by atoms with Gasteiger partial charge in [0.05, 0.1) is 23.4 Å². The van der Waals surface area contributed by atoms with Crippen LogP contribution in [0.25, 0.3) is 0 Å². The zero-order valence-electron chi connectivity index (χ0n) is 8.97. The topological polar surface area (TPSA) is 55.4 Å². The number of hydrogen-bond donors (Lipinski definition) is 1. The van der Waals surface area contributed by atoms with Crippen LogP contribution in [0.2, 0.25) is 5.02 Å². The molecule has 0 aromatic heterocycles. The van der Waals surface area contributed by atoms with E-state index in [1.165, 1.54) is 6.07 Å². The summed E-state index contributed by atoms with van der Waals surface area (Å²) in [5, 5.41) is 1.39. The average molecular weight is 282 g/mol. The Balaban J connectivity index is 2.94. The normalized spacial score (nSPS) is 10.9. The number of alkyl halides is 3. The highest BCUT2D eigenvalue weighted by atomic mass is 35.5. The van der Waals surface area contributed by atoms with Crippen LogP contribution in [0.5, 0.6) is 0 Å². The van der Waals surface area contributed by atoms with Crippen LogP contribution in [0, 0.1) is 0 Å². The van der Waals surface area contributed by atoms with Crippen LogP contribution in [0.1, 0.15) is 10.4 Å². The second-order valence-corrected chi connectivity index (χ2v) is 3.55. The van der Waals surface area contributed by atoms with Crippen LogP contribution in [-0.2, 0) is 9.53 Å². The largest absolute Gasteiger partial charge is 0.471 e. The zero-order chi connectivity index (χ0) is 13.9. The summed E-state index contributed by atoms with van der Waals surface area (Å²) >= 11 is 5.63. The van der Waals surface area contributed by atoms with Gasteiger partial charge in [-0.25, -0.2) is 4.79 Å². The highest BCUT2D eigenvalue weighted by molar-refractivity contribution is 6.34. The molecule has 8 heteroatoms. The van der Waals surface area contributed by atoms with Crippen LogP contribution >= 0.6 is 11.6 Å². The predicted molar refractivity (Wildman–Crippen MR) is 57.5 cm³/mol. The van der Waals surface area contributed by atoms with E-state index in [0.29, 0.717) is 0 Å². The lowest BCUT2D eigenvalue weighted by molar-refractivity contribution is -0.167. The molecule has 0 fully saturated rings. The van der Waals surface area contributed by atoms with Crippen molar-refractivity contribution in [3.8, 4) is 0 Å². The first-order valence-corrected chi connectivity index (χ1v) is 4.89. The number of amides is 1. The smallest absolute Gasteiger partial charge is 0.465 e. The second-order valence-electron chi connectivity index (χ2n) is 3.14. The molecule has 18 heavy (non-hydrogen) atoms. The Kier molecular flexibility index (Phi) is 4.18. The number of rotatable bonds is 2. The molecule has 1 amide bonds. The highest BCUT2D eigenvalue weighted by Crippen LogP contribution is 2.25. The maximum atomic E-state index is 12.0. The SMILES string of the molecule is COC(=O)c1ccc(NC(=O)C(F)(F)F)c(Cl)c1.